The number of nitrogens with zero attached hydrogens (tertiary/aromatic N) is 2. The number of aromatic nitrogens is 2. The third kappa shape index (κ3) is 1.27. The Morgan fingerprint density at radius 1 is 1.14 bits per heavy atom. The fraction of sp³-hybridized carbons (Fsp3) is 0.182. The molecular weight excluding hydrogens is 176 g/mol. The van der Waals surface area contributed by atoms with Gasteiger partial charge in [-0.1, -0.05) is 6.07 Å². The lowest BCUT2D eigenvalue weighted by atomic mass is 10.1. The molecule has 1 heterocycles. The number of fused-ring (bicyclic) bond motifs is 1. The van der Waals surface area contributed by atoms with Crippen LogP contribution >= 0.6 is 0 Å². The van der Waals surface area contributed by atoms with E-state index in [4.69, 9.17) is 0 Å². The van der Waals surface area contributed by atoms with Crippen molar-refractivity contribution in [1.29, 1.82) is 0 Å². The number of hydrogen-bond acceptors (Lipinski definition) is 3. The highest BCUT2D eigenvalue weighted by Crippen LogP contribution is 2.18. The van der Waals surface area contributed by atoms with Crippen LogP contribution in [-0.4, -0.2) is 15.8 Å². The molecule has 0 unspecified atom stereocenters. The number of aryl methyl sites for hydroxylation is 1. The molecule has 0 aliphatic rings. The molecule has 0 atom stereocenters. The van der Waals surface area contributed by atoms with Crippen LogP contribution in [0.3, 0.4) is 0 Å². The predicted octanol–water partition coefficient (Wildman–Crippen LogP) is 2.14. The first-order valence-electron chi connectivity index (χ1n) is 4.41. The monoisotopic (exact) mass is 186 g/mol. The van der Waals surface area contributed by atoms with Gasteiger partial charge < -0.3 is 0 Å². The quantitative estimate of drug-likeness (QED) is 0.641. The molecular formula is C11H10N2O. The van der Waals surface area contributed by atoms with Gasteiger partial charge in [-0.3, -0.25) is 14.8 Å². The average Bonchev–Trinajstić information content (AvgIpc) is 2.18. The summed E-state index contributed by atoms with van der Waals surface area (Å²) in [6, 6.07) is 3.70. The largest absolute Gasteiger partial charge is 0.294 e. The molecule has 0 radical (unpaired) electrons. The summed E-state index contributed by atoms with van der Waals surface area (Å²) in [6.07, 6.45) is 3.24. The van der Waals surface area contributed by atoms with Gasteiger partial charge in [0.25, 0.3) is 0 Å². The Bertz CT molecular complexity index is 506. The van der Waals surface area contributed by atoms with E-state index >= 15 is 0 Å². The zero-order chi connectivity index (χ0) is 10.1. The lowest BCUT2D eigenvalue weighted by Crippen LogP contribution is -1.97. The van der Waals surface area contributed by atoms with Gasteiger partial charge in [0.1, 0.15) is 0 Å². The van der Waals surface area contributed by atoms with Gasteiger partial charge in [-0.2, -0.15) is 0 Å². The zero-order valence-electron chi connectivity index (χ0n) is 8.11. The highest BCUT2D eigenvalue weighted by molar-refractivity contribution is 6.05. The van der Waals surface area contributed by atoms with Gasteiger partial charge in [0.2, 0.25) is 0 Å². The standard InChI is InChI=1S/C11H10N2O/c1-7-3-4-9(8(2)14)11-10(7)12-5-6-13-11/h3-6H,1-2H3. The van der Waals surface area contributed by atoms with E-state index in [1.165, 1.54) is 0 Å². The number of ketones is 1. The highest BCUT2D eigenvalue weighted by Gasteiger charge is 2.08. The maximum atomic E-state index is 11.3. The Labute approximate surface area is 81.8 Å². The SMILES string of the molecule is CC(=O)c1ccc(C)c2nccnc12. The fourth-order valence-electron chi connectivity index (χ4n) is 1.47. The number of benzene rings is 1. The third-order valence-corrected chi connectivity index (χ3v) is 2.21. The topological polar surface area (TPSA) is 42.9 Å². The zero-order valence-corrected chi connectivity index (χ0v) is 8.11. The second kappa shape index (κ2) is 3.18. The molecule has 0 N–H and O–H groups in total. The molecule has 1 aromatic carbocycles. The van der Waals surface area contributed by atoms with Crippen molar-refractivity contribution in [3.05, 3.63) is 35.7 Å². The van der Waals surface area contributed by atoms with E-state index in [-0.39, 0.29) is 5.78 Å². The normalized spacial score (nSPS) is 10.4. The summed E-state index contributed by atoms with van der Waals surface area (Å²) >= 11 is 0. The van der Waals surface area contributed by atoms with Gasteiger partial charge in [0.05, 0.1) is 11.0 Å². The Hall–Kier alpha value is -1.77. The molecule has 0 bridgehead atoms. The van der Waals surface area contributed by atoms with E-state index in [1.54, 1.807) is 25.4 Å². The summed E-state index contributed by atoms with van der Waals surface area (Å²) in [6.45, 7) is 3.50. The van der Waals surface area contributed by atoms with Crippen LogP contribution in [0.15, 0.2) is 24.5 Å². The highest BCUT2D eigenvalue weighted by atomic mass is 16.1. The second-order valence-electron chi connectivity index (χ2n) is 3.24. The Morgan fingerprint density at radius 2 is 1.79 bits per heavy atom. The van der Waals surface area contributed by atoms with Gasteiger partial charge >= 0.3 is 0 Å². The number of rotatable bonds is 1. The van der Waals surface area contributed by atoms with Crippen molar-refractivity contribution in [3.63, 3.8) is 0 Å². The van der Waals surface area contributed by atoms with Crippen molar-refractivity contribution in [2.45, 2.75) is 13.8 Å². The lowest BCUT2D eigenvalue weighted by molar-refractivity contribution is 0.101. The number of carbonyl (C=O) groups excluding carboxylic acids is 1. The number of carbonyl (C=O) groups is 1. The number of hydrogen-bond donors (Lipinski definition) is 0. The van der Waals surface area contributed by atoms with Gasteiger partial charge in [-0.25, -0.2) is 0 Å². The Morgan fingerprint density at radius 3 is 2.43 bits per heavy atom. The minimum absolute atomic E-state index is 0.0236. The molecule has 1 aromatic heterocycles. The van der Waals surface area contributed by atoms with E-state index in [1.807, 2.05) is 13.0 Å². The summed E-state index contributed by atoms with van der Waals surface area (Å²) in [5.74, 6) is 0.0236. The molecule has 70 valence electrons. The summed E-state index contributed by atoms with van der Waals surface area (Å²) in [5, 5.41) is 0. The van der Waals surface area contributed by atoms with Crippen molar-refractivity contribution in [2.75, 3.05) is 0 Å². The maximum absolute atomic E-state index is 11.3. The van der Waals surface area contributed by atoms with Crippen molar-refractivity contribution >= 4 is 16.8 Å². The summed E-state index contributed by atoms with van der Waals surface area (Å²) in [4.78, 5) is 19.7. The first-order chi connectivity index (χ1) is 6.70. The van der Waals surface area contributed by atoms with E-state index in [0.717, 1.165) is 11.1 Å². The molecule has 2 aromatic rings. The molecule has 3 nitrogen and oxygen atoms in total. The summed E-state index contributed by atoms with van der Waals surface area (Å²) in [7, 11) is 0. The minimum atomic E-state index is 0.0236. The molecule has 0 amide bonds. The number of Topliss-reactive ketones (excluding diaryl/α,β-unsaturated/α-hetero) is 1. The Balaban J connectivity index is 2.88. The molecule has 0 aliphatic heterocycles. The van der Waals surface area contributed by atoms with Crippen LogP contribution in [0.4, 0.5) is 0 Å². The first kappa shape index (κ1) is 8.81. The van der Waals surface area contributed by atoms with E-state index in [0.29, 0.717) is 11.1 Å². The second-order valence-corrected chi connectivity index (χ2v) is 3.24. The van der Waals surface area contributed by atoms with E-state index in [2.05, 4.69) is 9.97 Å². The molecule has 0 saturated heterocycles. The third-order valence-electron chi connectivity index (χ3n) is 2.21. The van der Waals surface area contributed by atoms with Crippen LogP contribution in [0.2, 0.25) is 0 Å². The Kier molecular flexibility index (Phi) is 2.00. The maximum Gasteiger partial charge on any atom is 0.162 e. The van der Waals surface area contributed by atoms with Crippen LogP contribution in [-0.2, 0) is 0 Å². The minimum Gasteiger partial charge on any atom is -0.294 e. The summed E-state index contributed by atoms with van der Waals surface area (Å²) < 4.78 is 0. The predicted molar refractivity (Wildman–Crippen MR) is 54.3 cm³/mol. The van der Waals surface area contributed by atoms with Crippen LogP contribution < -0.4 is 0 Å². The average molecular weight is 186 g/mol. The lowest BCUT2D eigenvalue weighted by Gasteiger charge is -2.03. The molecule has 0 spiro atoms. The van der Waals surface area contributed by atoms with Gasteiger partial charge in [0, 0.05) is 18.0 Å². The van der Waals surface area contributed by atoms with Crippen LogP contribution in [0, 0.1) is 6.92 Å². The molecule has 14 heavy (non-hydrogen) atoms. The molecule has 3 heteroatoms. The smallest absolute Gasteiger partial charge is 0.162 e. The van der Waals surface area contributed by atoms with Crippen LogP contribution in [0.25, 0.3) is 11.0 Å². The van der Waals surface area contributed by atoms with Crippen molar-refractivity contribution in [3.8, 4) is 0 Å². The molecule has 0 aliphatic carbocycles. The summed E-state index contributed by atoms with van der Waals surface area (Å²) in [5.41, 5.74) is 3.18. The van der Waals surface area contributed by atoms with Gasteiger partial charge in [0.15, 0.2) is 5.78 Å². The van der Waals surface area contributed by atoms with Gasteiger partial charge in [-0.05, 0) is 25.5 Å². The van der Waals surface area contributed by atoms with Crippen molar-refractivity contribution in [2.24, 2.45) is 0 Å². The van der Waals surface area contributed by atoms with Crippen molar-refractivity contribution in [1.82, 2.24) is 9.97 Å². The fourth-order valence-corrected chi connectivity index (χ4v) is 1.47. The molecule has 2 rings (SSSR count). The first-order valence-corrected chi connectivity index (χ1v) is 4.41. The van der Waals surface area contributed by atoms with Crippen LogP contribution in [0.5, 0.6) is 0 Å². The molecule has 0 fully saturated rings. The van der Waals surface area contributed by atoms with E-state index < -0.39 is 0 Å². The van der Waals surface area contributed by atoms with Gasteiger partial charge in [-0.15, -0.1) is 0 Å². The van der Waals surface area contributed by atoms with E-state index in [9.17, 15) is 4.79 Å². The van der Waals surface area contributed by atoms with Crippen molar-refractivity contribution < 1.29 is 4.79 Å². The molecule has 0 saturated carbocycles. The van der Waals surface area contributed by atoms with Crippen LogP contribution in [0.1, 0.15) is 22.8 Å².